The van der Waals surface area contributed by atoms with Gasteiger partial charge in [0.05, 0.1) is 46.1 Å². The highest BCUT2D eigenvalue weighted by atomic mass is 16.5. The molecular formula is C33H46N5O5+. The van der Waals surface area contributed by atoms with E-state index in [-0.39, 0.29) is 6.04 Å². The van der Waals surface area contributed by atoms with Crippen molar-refractivity contribution in [3.63, 3.8) is 0 Å². The Hall–Kier alpha value is -3.57. The van der Waals surface area contributed by atoms with E-state index in [1.165, 1.54) is 0 Å². The van der Waals surface area contributed by atoms with Crippen molar-refractivity contribution in [3.8, 4) is 11.5 Å². The first-order valence-electron chi connectivity index (χ1n) is 15.2. The highest BCUT2D eigenvalue weighted by Crippen LogP contribution is 2.45. The van der Waals surface area contributed by atoms with Gasteiger partial charge in [0, 0.05) is 44.9 Å². The number of piperazine rings is 2. The Balaban J connectivity index is 1.55. The lowest BCUT2D eigenvalue weighted by atomic mass is 9.88. The summed E-state index contributed by atoms with van der Waals surface area (Å²) in [6.45, 7) is 8.22. The molecule has 1 aliphatic carbocycles. The number of methoxy groups -OCH3 is 3. The van der Waals surface area contributed by atoms with Crippen LogP contribution in [0.25, 0.3) is 0 Å². The van der Waals surface area contributed by atoms with Crippen molar-refractivity contribution in [2.24, 2.45) is 5.73 Å². The number of hydrogen-bond acceptors (Lipinski definition) is 8. The lowest BCUT2D eigenvalue weighted by molar-refractivity contribution is -0.120. The molecule has 1 amide bonds. The fourth-order valence-electron chi connectivity index (χ4n) is 6.77. The molecule has 2 N–H and O–H groups in total. The number of anilines is 1. The lowest BCUT2D eigenvalue weighted by Gasteiger charge is -2.53. The zero-order valence-corrected chi connectivity index (χ0v) is 25.9. The molecular weight excluding hydrogens is 546 g/mol. The Kier molecular flexibility index (Phi) is 9.61. The summed E-state index contributed by atoms with van der Waals surface area (Å²) >= 11 is 0. The molecule has 43 heavy (non-hydrogen) atoms. The number of para-hydroxylation sites is 4. The fraction of sp³-hybridized carbons (Fsp3) is 0.485. The molecule has 2 aliphatic heterocycles. The van der Waals surface area contributed by atoms with Crippen molar-refractivity contribution in [2.75, 3.05) is 85.2 Å². The smallest absolute Gasteiger partial charge is 0.212 e. The van der Waals surface area contributed by atoms with E-state index in [1.54, 1.807) is 21.3 Å². The molecule has 2 aromatic carbocycles. The molecule has 2 saturated heterocycles. The van der Waals surface area contributed by atoms with E-state index in [0.29, 0.717) is 37.3 Å². The Labute approximate surface area is 255 Å². The molecule has 3 aliphatic rings. The van der Waals surface area contributed by atoms with Crippen LogP contribution in [0.2, 0.25) is 0 Å². The maximum absolute atomic E-state index is 11.8. The van der Waals surface area contributed by atoms with Crippen LogP contribution in [0.5, 0.6) is 11.5 Å². The normalized spacial score (nSPS) is 24.2. The number of nitrogens with two attached hydrogens (primary N) is 1. The standard InChI is InChI=1S/C33H46N5O5/c1-5-22-43-33(34)31(37-16-14-36(15-17-37)27-10-6-8-12-29(27)41-3)23-26(40-2)24-32(33)38(20-18-35(25-39)19-21-38)28-11-7-9-13-30(28)42-4/h6-13,23-25,31H,5,14-22,34H2,1-4H3/q+1. The first-order chi connectivity index (χ1) is 20.9. The van der Waals surface area contributed by atoms with Crippen LogP contribution in [0.15, 0.2) is 72.1 Å². The molecule has 2 heterocycles. The molecule has 10 nitrogen and oxygen atoms in total. The summed E-state index contributed by atoms with van der Waals surface area (Å²) < 4.78 is 24.7. The fourth-order valence-corrected chi connectivity index (χ4v) is 6.77. The highest BCUT2D eigenvalue weighted by molar-refractivity contribution is 5.62. The average Bonchev–Trinajstić information content (AvgIpc) is 3.07. The van der Waals surface area contributed by atoms with Gasteiger partial charge in [-0.15, -0.1) is 0 Å². The maximum atomic E-state index is 11.8. The molecule has 0 bridgehead atoms. The Morgan fingerprint density at radius 3 is 2.19 bits per heavy atom. The van der Waals surface area contributed by atoms with Crippen LogP contribution in [0.1, 0.15) is 13.3 Å². The largest absolute Gasteiger partial charge is 0.497 e. The third-order valence-corrected chi connectivity index (χ3v) is 9.05. The molecule has 2 atom stereocenters. The molecule has 10 heteroatoms. The topological polar surface area (TPSA) is 89.7 Å². The van der Waals surface area contributed by atoms with Crippen LogP contribution < -0.4 is 24.6 Å². The molecule has 2 aromatic rings. The number of rotatable bonds is 11. The minimum absolute atomic E-state index is 0.275. The number of benzene rings is 2. The van der Waals surface area contributed by atoms with E-state index in [2.05, 4.69) is 41.0 Å². The van der Waals surface area contributed by atoms with Gasteiger partial charge in [0.2, 0.25) is 12.1 Å². The lowest BCUT2D eigenvalue weighted by Crippen LogP contribution is -2.72. The minimum Gasteiger partial charge on any atom is -0.497 e. The van der Waals surface area contributed by atoms with Crippen LogP contribution >= 0.6 is 0 Å². The minimum atomic E-state index is -1.16. The van der Waals surface area contributed by atoms with Crippen molar-refractivity contribution in [1.29, 1.82) is 0 Å². The predicted molar refractivity (Wildman–Crippen MR) is 169 cm³/mol. The van der Waals surface area contributed by atoms with E-state index in [0.717, 1.165) is 73.3 Å². The number of amides is 1. The second-order valence-corrected chi connectivity index (χ2v) is 11.3. The van der Waals surface area contributed by atoms with Gasteiger partial charge in [0.25, 0.3) is 0 Å². The predicted octanol–water partition coefficient (Wildman–Crippen LogP) is 3.18. The van der Waals surface area contributed by atoms with Gasteiger partial charge in [-0.1, -0.05) is 31.2 Å². The van der Waals surface area contributed by atoms with Gasteiger partial charge in [-0.2, -0.15) is 0 Å². The van der Waals surface area contributed by atoms with Crippen molar-refractivity contribution >= 4 is 17.8 Å². The van der Waals surface area contributed by atoms with Crippen LogP contribution in [0, 0.1) is 0 Å². The SMILES string of the molecule is CCCOC1(N)C([N+]2(c3ccccc3OC)CCN(C=O)CC2)=CC(OC)=CC1N1CCN(c2ccccc2OC)CC1. The van der Waals surface area contributed by atoms with E-state index in [4.69, 9.17) is 24.7 Å². The Morgan fingerprint density at radius 2 is 1.56 bits per heavy atom. The van der Waals surface area contributed by atoms with Crippen molar-refractivity contribution in [3.05, 3.63) is 72.1 Å². The van der Waals surface area contributed by atoms with Crippen LogP contribution in [0.3, 0.4) is 0 Å². The summed E-state index contributed by atoms with van der Waals surface area (Å²) in [5.74, 6) is 2.40. The van der Waals surface area contributed by atoms with E-state index < -0.39 is 5.72 Å². The number of carbonyl (C=O) groups is 1. The van der Waals surface area contributed by atoms with Gasteiger partial charge in [-0.05, 0) is 30.7 Å². The monoisotopic (exact) mass is 592 g/mol. The van der Waals surface area contributed by atoms with E-state index in [1.807, 2.05) is 41.3 Å². The molecule has 5 rings (SSSR count). The van der Waals surface area contributed by atoms with Crippen LogP contribution in [-0.2, 0) is 14.3 Å². The zero-order chi connectivity index (χ0) is 30.5. The zero-order valence-electron chi connectivity index (χ0n) is 25.9. The maximum Gasteiger partial charge on any atom is 0.212 e. The number of allylic oxidation sites excluding steroid dienone is 1. The summed E-state index contributed by atoms with van der Waals surface area (Å²) in [4.78, 5) is 18.4. The van der Waals surface area contributed by atoms with Crippen molar-refractivity contribution < 1.29 is 23.7 Å². The van der Waals surface area contributed by atoms with Gasteiger partial charge in [0.15, 0.2) is 17.1 Å². The first kappa shape index (κ1) is 30.9. The Morgan fingerprint density at radius 1 is 0.907 bits per heavy atom. The van der Waals surface area contributed by atoms with Gasteiger partial charge in [-0.25, -0.2) is 0 Å². The van der Waals surface area contributed by atoms with Crippen molar-refractivity contribution in [1.82, 2.24) is 14.3 Å². The molecule has 232 valence electrons. The molecule has 2 fully saturated rings. The van der Waals surface area contributed by atoms with Crippen LogP contribution in [0.4, 0.5) is 11.4 Å². The Bertz CT molecular complexity index is 1320. The number of quaternary nitrogens is 1. The van der Waals surface area contributed by atoms with Crippen molar-refractivity contribution in [2.45, 2.75) is 25.1 Å². The van der Waals surface area contributed by atoms with E-state index >= 15 is 0 Å². The molecule has 0 spiro atoms. The summed E-state index contributed by atoms with van der Waals surface area (Å²) in [6.07, 6.45) is 5.92. The molecule has 0 saturated carbocycles. The molecule has 2 unspecified atom stereocenters. The van der Waals surface area contributed by atoms with Gasteiger partial charge >= 0.3 is 0 Å². The van der Waals surface area contributed by atoms with Gasteiger partial charge < -0.3 is 28.7 Å². The number of carbonyl (C=O) groups excluding carboxylic acids is 1. The summed E-state index contributed by atoms with van der Waals surface area (Å²) in [7, 11) is 5.11. The molecule has 0 radical (unpaired) electrons. The molecule has 0 aromatic heterocycles. The van der Waals surface area contributed by atoms with Gasteiger partial charge in [-0.3, -0.25) is 19.9 Å². The summed E-state index contributed by atoms with van der Waals surface area (Å²) in [5, 5.41) is 0. The number of hydrogen-bond donors (Lipinski definition) is 1. The third kappa shape index (κ3) is 5.84. The average molecular weight is 593 g/mol. The summed E-state index contributed by atoms with van der Waals surface area (Å²) in [6, 6.07) is 16.0. The van der Waals surface area contributed by atoms with Gasteiger partial charge in [0.1, 0.15) is 24.6 Å². The third-order valence-electron chi connectivity index (χ3n) is 9.05. The van der Waals surface area contributed by atoms with E-state index in [9.17, 15) is 4.79 Å². The number of nitrogens with zero attached hydrogens (tertiary/aromatic N) is 4. The quantitative estimate of drug-likeness (QED) is 0.242. The summed E-state index contributed by atoms with van der Waals surface area (Å²) in [5.41, 5.74) is 9.42. The first-order valence-corrected chi connectivity index (χ1v) is 15.2. The second-order valence-electron chi connectivity index (χ2n) is 11.3. The number of ether oxygens (including phenoxy) is 4. The highest BCUT2D eigenvalue weighted by Gasteiger charge is 2.56. The van der Waals surface area contributed by atoms with Crippen LogP contribution in [-0.4, -0.2) is 108 Å². The second kappa shape index (κ2) is 13.4.